The quantitative estimate of drug-likeness (QED) is 0.352. The lowest BCUT2D eigenvalue weighted by Gasteiger charge is -2.37. The molecule has 4 aromatic rings. The fraction of sp³-hybridized carbons (Fsp3) is 0.360. The number of carbonyl (C=O) groups excluding carboxylic acids is 1. The SMILES string of the molecule is CCn1c(SCC(=O)N2CCN(C(C)c3nc4ccccc4s3)CC2)nnc1-c1ccccc1. The minimum Gasteiger partial charge on any atom is -0.339 e. The zero-order valence-electron chi connectivity index (χ0n) is 19.4. The van der Waals surface area contributed by atoms with E-state index in [1.54, 1.807) is 11.3 Å². The van der Waals surface area contributed by atoms with Crippen molar-refractivity contribution in [2.45, 2.75) is 31.6 Å². The van der Waals surface area contributed by atoms with Gasteiger partial charge in [-0.2, -0.15) is 0 Å². The van der Waals surface area contributed by atoms with Gasteiger partial charge in [-0.25, -0.2) is 4.98 Å². The number of rotatable bonds is 7. The lowest BCUT2D eigenvalue weighted by Crippen LogP contribution is -2.49. The van der Waals surface area contributed by atoms with Crippen LogP contribution in [-0.2, 0) is 11.3 Å². The number of carbonyl (C=O) groups is 1. The number of thioether (sulfide) groups is 1. The van der Waals surface area contributed by atoms with Crippen LogP contribution < -0.4 is 0 Å². The normalized spacial score (nSPS) is 15.6. The third-order valence-corrected chi connectivity index (χ3v) is 8.43. The van der Waals surface area contributed by atoms with E-state index in [0.29, 0.717) is 5.75 Å². The Labute approximate surface area is 207 Å². The van der Waals surface area contributed by atoms with Crippen molar-refractivity contribution < 1.29 is 4.79 Å². The highest BCUT2D eigenvalue weighted by Gasteiger charge is 2.26. The lowest BCUT2D eigenvalue weighted by atomic mass is 10.2. The summed E-state index contributed by atoms with van der Waals surface area (Å²) in [5.41, 5.74) is 2.10. The first-order valence-corrected chi connectivity index (χ1v) is 13.4. The van der Waals surface area contributed by atoms with Gasteiger partial charge in [0, 0.05) is 38.3 Å². The van der Waals surface area contributed by atoms with Crippen LogP contribution in [0, 0.1) is 0 Å². The van der Waals surface area contributed by atoms with E-state index in [-0.39, 0.29) is 11.9 Å². The number of amides is 1. The first kappa shape index (κ1) is 23.0. The highest BCUT2D eigenvalue weighted by molar-refractivity contribution is 7.99. The Bertz CT molecular complexity index is 1230. The Morgan fingerprint density at radius 3 is 2.50 bits per heavy atom. The maximum Gasteiger partial charge on any atom is 0.233 e. The molecule has 176 valence electrons. The van der Waals surface area contributed by atoms with Gasteiger partial charge in [0.25, 0.3) is 0 Å². The molecule has 0 bridgehead atoms. The second kappa shape index (κ2) is 10.2. The summed E-state index contributed by atoms with van der Waals surface area (Å²) in [5.74, 6) is 1.38. The number of fused-ring (bicyclic) bond motifs is 1. The molecule has 0 spiro atoms. The summed E-state index contributed by atoms with van der Waals surface area (Å²) in [6.45, 7) is 8.25. The number of thiazole rings is 1. The summed E-state index contributed by atoms with van der Waals surface area (Å²) in [4.78, 5) is 22.2. The average Bonchev–Trinajstić information content (AvgIpc) is 3.51. The average molecular weight is 493 g/mol. The molecule has 9 heteroatoms. The van der Waals surface area contributed by atoms with Gasteiger partial charge in [-0.1, -0.05) is 54.2 Å². The van der Waals surface area contributed by atoms with E-state index in [9.17, 15) is 4.79 Å². The van der Waals surface area contributed by atoms with Crippen LogP contribution in [0.5, 0.6) is 0 Å². The lowest BCUT2D eigenvalue weighted by molar-refractivity contribution is -0.130. The molecule has 0 aliphatic carbocycles. The highest BCUT2D eigenvalue weighted by Crippen LogP contribution is 2.30. The molecule has 1 unspecified atom stereocenters. The fourth-order valence-electron chi connectivity index (χ4n) is 4.28. The first-order valence-electron chi connectivity index (χ1n) is 11.6. The van der Waals surface area contributed by atoms with Gasteiger partial charge in [-0.15, -0.1) is 21.5 Å². The molecule has 3 heterocycles. The Morgan fingerprint density at radius 1 is 1.03 bits per heavy atom. The van der Waals surface area contributed by atoms with Crippen molar-refractivity contribution >= 4 is 39.2 Å². The monoisotopic (exact) mass is 492 g/mol. The van der Waals surface area contributed by atoms with Crippen molar-refractivity contribution in [3.8, 4) is 11.4 Å². The highest BCUT2D eigenvalue weighted by atomic mass is 32.2. The van der Waals surface area contributed by atoms with E-state index in [1.807, 2.05) is 41.3 Å². The van der Waals surface area contributed by atoms with Crippen LogP contribution in [0.4, 0.5) is 0 Å². The van der Waals surface area contributed by atoms with Crippen molar-refractivity contribution in [3.05, 3.63) is 59.6 Å². The van der Waals surface area contributed by atoms with Crippen molar-refractivity contribution in [1.29, 1.82) is 0 Å². The molecule has 1 atom stereocenters. The van der Waals surface area contributed by atoms with E-state index in [1.165, 1.54) is 16.5 Å². The predicted molar refractivity (Wildman–Crippen MR) is 138 cm³/mol. The number of piperazine rings is 1. The molecular weight excluding hydrogens is 464 g/mol. The summed E-state index contributed by atoms with van der Waals surface area (Å²) in [6, 6.07) is 18.6. The molecule has 1 fully saturated rings. The molecule has 2 aromatic heterocycles. The van der Waals surface area contributed by atoms with Crippen LogP contribution in [-0.4, -0.2) is 67.4 Å². The van der Waals surface area contributed by atoms with Gasteiger partial charge >= 0.3 is 0 Å². The molecule has 1 saturated heterocycles. The Balaban J connectivity index is 1.16. The van der Waals surface area contributed by atoms with Crippen LogP contribution in [0.15, 0.2) is 59.8 Å². The van der Waals surface area contributed by atoms with Gasteiger partial charge in [-0.3, -0.25) is 9.69 Å². The van der Waals surface area contributed by atoms with Crippen LogP contribution in [0.25, 0.3) is 21.6 Å². The van der Waals surface area contributed by atoms with Crippen LogP contribution in [0.1, 0.15) is 24.9 Å². The molecule has 0 saturated carbocycles. The molecule has 2 aromatic carbocycles. The number of para-hydroxylation sites is 1. The zero-order chi connectivity index (χ0) is 23.5. The smallest absolute Gasteiger partial charge is 0.233 e. The summed E-state index contributed by atoms with van der Waals surface area (Å²) in [7, 11) is 0. The number of nitrogens with zero attached hydrogens (tertiary/aromatic N) is 6. The standard InChI is InChI=1S/C25H28N6OS2/c1-3-31-23(19-9-5-4-6-10-19)27-28-25(31)33-17-22(32)30-15-13-29(14-16-30)18(2)24-26-20-11-7-8-12-21(20)34-24/h4-12,18H,3,13-17H2,1-2H3. The Morgan fingerprint density at radius 2 is 1.76 bits per heavy atom. The summed E-state index contributed by atoms with van der Waals surface area (Å²) < 4.78 is 3.30. The van der Waals surface area contributed by atoms with Gasteiger partial charge in [0.05, 0.1) is 22.0 Å². The molecule has 5 rings (SSSR count). The minimum absolute atomic E-state index is 0.157. The maximum absolute atomic E-state index is 12.9. The van der Waals surface area contributed by atoms with Gasteiger partial charge in [0.2, 0.25) is 5.91 Å². The van der Waals surface area contributed by atoms with E-state index in [4.69, 9.17) is 4.98 Å². The van der Waals surface area contributed by atoms with E-state index in [2.05, 4.69) is 51.7 Å². The number of hydrogen-bond donors (Lipinski definition) is 0. The fourth-order valence-corrected chi connectivity index (χ4v) is 6.24. The number of aromatic nitrogens is 4. The van der Waals surface area contributed by atoms with Gasteiger partial charge < -0.3 is 9.47 Å². The number of hydrogen-bond acceptors (Lipinski definition) is 7. The Kier molecular flexibility index (Phi) is 6.94. The summed E-state index contributed by atoms with van der Waals surface area (Å²) >= 11 is 3.24. The number of benzene rings is 2. The largest absolute Gasteiger partial charge is 0.339 e. The molecule has 1 aliphatic rings. The van der Waals surface area contributed by atoms with Gasteiger partial charge in [-0.05, 0) is 26.0 Å². The van der Waals surface area contributed by atoms with Crippen LogP contribution in [0.2, 0.25) is 0 Å². The van der Waals surface area contributed by atoms with E-state index in [0.717, 1.165) is 59.8 Å². The molecule has 0 radical (unpaired) electrons. The van der Waals surface area contributed by atoms with Crippen molar-refractivity contribution in [2.75, 3.05) is 31.9 Å². The molecule has 0 N–H and O–H groups in total. The van der Waals surface area contributed by atoms with Crippen LogP contribution >= 0.6 is 23.1 Å². The van der Waals surface area contributed by atoms with Crippen molar-refractivity contribution in [2.24, 2.45) is 0 Å². The molecule has 1 amide bonds. The molecule has 1 aliphatic heterocycles. The second-order valence-corrected chi connectivity index (χ2v) is 10.3. The first-order chi connectivity index (χ1) is 16.6. The van der Waals surface area contributed by atoms with Gasteiger partial charge in [0.15, 0.2) is 11.0 Å². The zero-order valence-corrected chi connectivity index (χ0v) is 21.1. The molecular formula is C25H28N6OS2. The second-order valence-electron chi connectivity index (χ2n) is 8.32. The van der Waals surface area contributed by atoms with Gasteiger partial charge in [0.1, 0.15) is 5.01 Å². The van der Waals surface area contributed by atoms with Crippen LogP contribution in [0.3, 0.4) is 0 Å². The predicted octanol–water partition coefficient (Wildman–Crippen LogP) is 4.57. The molecule has 7 nitrogen and oxygen atoms in total. The maximum atomic E-state index is 12.9. The molecule has 34 heavy (non-hydrogen) atoms. The van der Waals surface area contributed by atoms with E-state index < -0.39 is 0 Å². The summed E-state index contributed by atoms with van der Waals surface area (Å²) in [5, 5.41) is 10.7. The van der Waals surface area contributed by atoms with Crippen molar-refractivity contribution in [3.63, 3.8) is 0 Å². The summed E-state index contributed by atoms with van der Waals surface area (Å²) in [6.07, 6.45) is 0. The topological polar surface area (TPSA) is 67.2 Å². The minimum atomic E-state index is 0.157. The Hall–Kier alpha value is -2.75. The third-order valence-electron chi connectivity index (χ3n) is 6.27. The van der Waals surface area contributed by atoms with E-state index >= 15 is 0 Å². The third kappa shape index (κ3) is 4.73. The van der Waals surface area contributed by atoms with Crippen molar-refractivity contribution in [1.82, 2.24) is 29.5 Å².